The van der Waals surface area contributed by atoms with Crippen molar-refractivity contribution < 1.29 is 24.2 Å². The molecule has 8 heteroatoms. The van der Waals surface area contributed by atoms with Gasteiger partial charge in [0.2, 0.25) is 0 Å². The summed E-state index contributed by atoms with van der Waals surface area (Å²) in [4.78, 5) is 24.2. The van der Waals surface area contributed by atoms with Crippen molar-refractivity contribution in [3.63, 3.8) is 0 Å². The van der Waals surface area contributed by atoms with Crippen LogP contribution in [0.3, 0.4) is 0 Å². The van der Waals surface area contributed by atoms with Gasteiger partial charge in [-0.3, -0.25) is 0 Å². The van der Waals surface area contributed by atoms with Crippen LogP contribution >= 0.6 is 23.2 Å². The van der Waals surface area contributed by atoms with Crippen molar-refractivity contribution in [1.29, 1.82) is 0 Å². The number of carboxylic acid groups (broad SMARTS) is 1. The van der Waals surface area contributed by atoms with Gasteiger partial charge < -0.3 is 19.5 Å². The maximum Gasteiger partial charge on any atom is 0.407 e. The number of halogens is 2. The molecule has 0 radical (unpaired) electrons. The Morgan fingerprint density at radius 3 is 2.80 bits per heavy atom. The molecule has 1 aliphatic rings. The lowest BCUT2D eigenvalue weighted by Gasteiger charge is -2.24. The number of hydrogen-bond donors (Lipinski definition) is 1. The SMILES string of the molecule is CCOC(=O)C=C[C@@H]1CN(C(=O)O)CCO[C@H]1c1ccc(Cl)c(Cl)c1. The summed E-state index contributed by atoms with van der Waals surface area (Å²) in [5.74, 6) is -0.859. The van der Waals surface area contributed by atoms with Crippen LogP contribution in [-0.2, 0) is 14.3 Å². The van der Waals surface area contributed by atoms with Crippen molar-refractivity contribution in [3.8, 4) is 0 Å². The predicted molar refractivity (Wildman–Crippen MR) is 94.0 cm³/mol. The summed E-state index contributed by atoms with van der Waals surface area (Å²) in [5, 5.41) is 10.1. The Morgan fingerprint density at radius 2 is 2.16 bits per heavy atom. The second-order valence-corrected chi connectivity index (χ2v) is 6.28. The third-order valence-corrected chi connectivity index (χ3v) is 4.53. The highest BCUT2D eigenvalue weighted by atomic mass is 35.5. The Labute approximate surface area is 155 Å². The maximum atomic E-state index is 11.6. The van der Waals surface area contributed by atoms with Crippen LogP contribution in [0.1, 0.15) is 18.6 Å². The van der Waals surface area contributed by atoms with Crippen molar-refractivity contribution in [3.05, 3.63) is 46.0 Å². The molecule has 1 N–H and O–H groups in total. The Bertz CT molecular complexity index is 664. The van der Waals surface area contributed by atoms with Gasteiger partial charge in [0.15, 0.2) is 0 Å². The fourth-order valence-corrected chi connectivity index (χ4v) is 2.92. The van der Waals surface area contributed by atoms with Gasteiger partial charge in [0.25, 0.3) is 0 Å². The minimum atomic E-state index is -1.03. The van der Waals surface area contributed by atoms with Crippen LogP contribution in [0.5, 0.6) is 0 Å². The van der Waals surface area contributed by atoms with Gasteiger partial charge in [-0.1, -0.05) is 35.3 Å². The molecule has 0 saturated carbocycles. The molecule has 1 fully saturated rings. The van der Waals surface area contributed by atoms with Gasteiger partial charge in [-0.15, -0.1) is 0 Å². The molecule has 0 bridgehead atoms. The molecule has 1 aromatic carbocycles. The van der Waals surface area contributed by atoms with Gasteiger partial charge in [0.1, 0.15) is 0 Å². The van der Waals surface area contributed by atoms with Crippen LogP contribution in [0.15, 0.2) is 30.4 Å². The topological polar surface area (TPSA) is 76.1 Å². The molecule has 1 amide bonds. The van der Waals surface area contributed by atoms with E-state index in [1.54, 1.807) is 31.2 Å². The third kappa shape index (κ3) is 5.36. The van der Waals surface area contributed by atoms with E-state index in [0.717, 1.165) is 5.56 Å². The molecule has 0 spiro atoms. The summed E-state index contributed by atoms with van der Waals surface area (Å²) in [6.07, 6.45) is 1.43. The molecule has 25 heavy (non-hydrogen) atoms. The van der Waals surface area contributed by atoms with Crippen molar-refractivity contribution in [2.45, 2.75) is 13.0 Å². The number of nitrogens with zero attached hydrogens (tertiary/aromatic N) is 1. The first-order valence-electron chi connectivity index (χ1n) is 7.81. The number of benzene rings is 1. The zero-order valence-electron chi connectivity index (χ0n) is 13.7. The predicted octanol–water partition coefficient (Wildman–Crippen LogP) is 3.78. The van der Waals surface area contributed by atoms with Crippen molar-refractivity contribution in [1.82, 2.24) is 4.90 Å². The monoisotopic (exact) mass is 387 g/mol. The fraction of sp³-hybridized carbons (Fsp3) is 0.412. The van der Waals surface area contributed by atoms with Gasteiger partial charge in [-0.25, -0.2) is 9.59 Å². The molecule has 0 aliphatic carbocycles. The third-order valence-electron chi connectivity index (χ3n) is 3.79. The van der Waals surface area contributed by atoms with Crippen LogP contribution in [0, 0.1) is 5.92 Å². The first-order valence-corrected chi connectivity index (χ1v) is 8.57. The number of amides is 1. The Balaban J connectivity index is 2.30. The molecular formula is C17H19Cl2NO5. The van der Waals surface area contributed by atoms with E-state index in [9.17, 15) is 14.7 Å². The summed E-state index contributed by atoms with van der Waals surface area (Å²) in [7, 11) is 0. The molecule has 1 saturated heterocycles. The second kappa shape index (κ2) is 9.08. The van der Waals surface area contributed by atoms with E-state index >= 15 is 0 Å². The van der Waals surface area contributed by atoms with Crippen LogP contribution in [0.25, 0.3) is 0 Å². The lowest BCUT2D eigenvalue weighted by atomic mass is 9.94. The van der Waals surface area contributed by atoms with Crippen LogP contribution < -0.4 is 0 Å². The number of carbonyl (C=O) groups is 2. The highest BCUT2D eigenvalue weighted by molar-refractivity contribution is 6.42. The fourth-order valence-electron chi connectivity index (χ4n) is 2.62. The Kier molecular flexibility index (Phi) is 7.11. The average molecular weight is 388 g/mol. The van der Waals surface area contributed by atoms with Crippen LogP contribution in [-0.4, -0.2) is 48.4 Å². The van der Waals surface area contributed by atoms with E-state index in [0.29, 0.717) is 10.0 Å². The molecule has 1 aliphatic heterocycles. The minimum Gasteiger partial charge on any atom is -0.465 e. The van der Waals surface area contributed by atoms with Gasteiger partial charge in [0.05, 0.1) is 29.4 Å². The molecule has 136 valence electrons. The molecule has 2 rings (SSSR count). The highest BCUT2D eigenvalue weighted by Crippen LogP contribution is 2.33. The summed E-state index contributed by atoms with van der Waals surface area (Å²) >= 11 is 12.0. The molecular weight excluding hydrogens is 369 g/mol. The van der Waals surface area contributed by atoms with E-state index in [1.807, 2.05) is 0 Å². The number of rotatable bonds is 4. The number of hydrogen-bond acceptors (Lipinski definition) is 4. The standard InChI is InChI=1S/C17H19Cl2NO5/c1-2-24-15(21)6-4-12-10-20(17(22)23)7-8-25-16(12)11-3-5-13(18)14(19)9-11/h3-6,9,12,16H,2,7-8,10H2,1H3,(H,22,23)/t12-,16+/m1/s1. The lowest BCUT2D eigenvalue weighted by Crippen LogP contribution is -2.34. The average Bonchev–Trinajstić information content (AvgIpc) is 2.78. The van der Waals surface area contributed by atoms with E-state index in [1.165, 1.54) is 11.0 Å². The molecule has 0 unspecified atom stereocenters. The first kappa shape index (κ1) is 19.6. The maximum absolute atomic E-state index is 11.6. The molecule has 6 nitrogen and oxygen atoms in total. The van der Waals surface area contributed by atoms with Gasteiger partial charge >= 0.3 is 12.1 Å². The largest absolute Gasteiger partial charge is 0.465 e. The van der Waals surface area contributed by atoms with Gasteiger partial charge in [0, 0.05) is 25.1 Å². The van der Waals surface area contributed by atoms with Crippen molar-refractivity contribution >= 4 is 35.3 Å². The molecule has 1 aromatic rings. The van der Waals surface area contributed by atoms with E-state index < -0.39 is 18.2 Å². The number of esters is 1. The first-order chi connectivity index (χ1) is 11.9. The van der Waals surface area contributed by atoms with E-state index in [-0.39, 0.29) is 32.2 Å². The summed E-state index contributed by atoms with van der Waals surface area (Å²) in [6, 6.07) is 5.13. The smallest absolute Gasteiger partial charge is 0.407 e. The van der Waals surface area contributed by atoms with Gasteiger partial charge in [-0.2, -0.15) is 0 Å². The minimum absolute atomic E-state index is 0.191. The van der Waals surface area contributed by atoms with Gasteiger partial charge in [-0.05, 0) is 24.6 Å². The highest BCUT2D eigenvalue weighted by Gasteiger charge is 2.30. The zero-order valence-corrected chi connectivity index (χ0v) is 15.2. The quantitative estimate of drug-likeness (QED) is 0.628. The molecule has 1 heterocycles. The Morgan fingerprint density at radius 1 is 1.40 bits per heavy atom. The second-order valence-electron chi connectivity index (χ2n) is 5.47. The van der Waals surface area contributed by atoms with Crippen molar-refractivity contribution in [2.24, 2.45) is 5.92 Å². The summed E-state index contributed by atoms with van der Waals surface area (Å²) < 4.78 is 10.7. The normalized spacial score (nSPS) is 21.2. The summed E-state index contributed by atoms with van der Waals surface area (Å²) in [6.45, 7) is 2.65. The lowest BCUT2D eigenvalue weighted by molar-refractivity contribution is -0.137. The summed E-state index contributed by atoms with van der Waals surface area (Å²) in [5.41, 5.74) is 0.764. The van der Waals surface area contributed by atoms with Crippen LogP contribution in [0.2, 0.25) is 10.0 Å². The number of carbonyl (C=O) groups excluding carboxylic acids is 1. The van der Waals surface area contributed by atoms with Crippen molar-refractivity contribution in [2.75, 3.05) is 26.3 Å². The molecule has 0 aromatic heterocycles. The zero-order chi connectivity index (χ0) is 18.4. The van der Waals surface area contributed by atoms with Crippen LogP contribution in [0.4, 0.5) is 4.79 Å². The Hall–Kier alpha value is -1.76. The van der Waals surface area contributed by atoms with E-state index in [4.69, 9.17) is 32.7 Å². The van der Waals surface area contributed by atoms with E-state index in [2.05, 4.69) is 0 Å². The molecule has 2 atom stereocenters. The number of ether oxygens (including phenoxy) is 2.